The van der Waals surface area contributed by atoms with Crippen LogP contribution in [0.3, 0.4) is 0 Å². The summed E-state index contributed by atoms with van der Waals surface area (Å²) < 4.78 is 0. The maximum absolute atomic E-state index is 11.2. The minimum atomic E-state index is -0.668. The van der Waals surface area contributed by atoms with E-state index in [9.17, 15) is 20.2 Å². The third-order valence-corrected chi connectivity index (χ3v) is 5.52. The van der Waals surface area contributed by atoms with Crippen LogP contribution in [0.2, 0.25) is 0 Å². The van der Waals surface area contributed by atoms with E-state index in [1.165, 1.54) is 23.3 Å². The van der Waals surface area contributed by atoms with Gasteiger partial charge in [0.05, 0.1) is 21.6 Å². The lowest BCUT2D eigenvalue weighted by Gasteiger charge is -2.34. The van der Waals surface area contributed by atoms with Gasteiger partial charge in [-0.25, -0.2) is 0 Å². The molecule has 1 aliphatic rings. The van der Waals surface area contributed by atoms with Gasteiger partial charge in [-0.3, -0.25) is 25.7 Å². The van der Waals surface area contributed by atoms with Crippen molar-refractivity contribution < 1.29 is 9.85 Å². The molecule has 8 nitrogen and oxygen atoms in total. The van der Waals surface area contributed by atoms with Gasteiger partial charge in [0.15, 0.2) is 0 Å². The molecule has 1 N–H and O–H groups in total. The number of allylic oxidation sites excluding steroid dienone is 4. The first-order valence-corrected chi connectivity index (χ1v) is 9.19. The molecule has 3 atom stereocenters. The summed E-state index contributed by atoms with van der Waals surface area (Å²) in [5.41, 5.74) is 5.59. The first kappa shape index (κ1) is 21.3. The topological polar surface area (TPSA) is 111 Å². The minimum absolute atomic E-state index is 0.108. The van der Waals surface area contributed by atoms with E-state index < -0.39 is 9.85 Å². The van der Waals surface area contributed by atoms with Crippen molar-refractivity contribution >= 4 is 22.8 Å². The number of anilines is 1. The predicted molar refractivity (Wildman–Crippen MR) is 110 cm³/mol. The highest BCUT2D eigenvalue weighted by atomic mass is 16.6. The summed E-state index contributed by atoms with van der Waals surface area (Å²) >= 11 is 0. The van der Waals surface area contributed by atoms with Crippen LogP contribution < -0.4 is 5.43 Å². The molecule has 2 rings (SSSR count). The third kappa shape index (κ3) is 4.82. The van der Waals surface area contributed by atoms with E-state index in [2.05, 4.69) is 44.3 Å². The molecule has 0 spiro atoms. The van der Waals surface area contributed by atoms with Gasteiger partial charge >= 0.3 is 5.69 Å². The number of nitrogens with zero attached hydrogens (tertiary/aromatic N) is 3. The number of hydrogen-bond donors (Lipinski definition) is 1. The molecule has 150 valence electrons. The molecule has 0 heterocycles. The average Bonchev–Trinajstić information content (AvgIpc) is 2.64. The Morgan fingerprint density at radius 2 is 1.89 bits per heavy atom. The van der Waals surface area contributed by atoms with E-state index >= 15 is 0 Å². The van der Waals surface area contributed by atoms with Crippen LogP contribution in [-0.2, 0) is 0 Å². The SMILES string of the molecule is CC1=C(C)[C@@H](C)[C@@H](/C=C/C(C)=N/Nc2ccc([N+](=O)[O-])cc2[N+](=O)[O-])[C@H](C)C1. The van der Waals surface area contributed by atoms with Gasteiger partial charge in [-0.1, -0.05) is 31.1 Å². The van der Waals surface area contributed by atoms with E-state index in [0.717, 1.165) is 12.5 Å². The van der Waals surface area contributed by atoms with Gasteiger partial charge in [-0.05, 0) is 57.1 Å². The van der Waals surface area contributed by atoms with Crippen LogP contribution in [0.25, 0.3) is 0 Å². The van der Waals surface area contributed by atoms with E-state index in [-0.39, 0.29) is 17.1 Å². The first-order chi connectivity index (χ1) is 13.1. The van der Waals surface area contributed by atoms with E-state index in [0.29, 0.717) is 23.5 Å². The summed E-state index contributed by atoms with van der Waals surface area (Å²) in [5.74, 6) is 1.39. The van der Waals surface area contributed by atoms with Crippen LogP contribution in [0.5, 0.6) is 0 Å². The molecular formula is C20H26N4O4. The summed E-state index contributed by atoms with van der Waals surface area (Å²) in [4.78, 5) is 20.7. The van der Waals surface area contributed by atoms with Crippen molar-refractivity contribution in [3.8, 4) is 0 Å². The molecule has 28 heavy (non-hydrogen) atoms. The highest BCUT2D eigenvalue weighted by Gasteiger charge is 2.28. The van der Waals surface area contributed by atoms with Gasteiger partial charge < -0.3 is 0 Å². The van der Waals surface area contributed by atoms with Crippen molar-refractivity contribution in [2.75, 3.05) is 5.43 Å². The second-order valence-corrected chi connectivity index (χ2v) is 7.45. The molecule has 0 saturated heterocycles. The Kier molecular flexibility index (Phi) is 6.66. The van der Waals surface area contributed by atoms with Crippen LogP contribution in [0.15, 0.2) is 46.6 Å². The zero-order valence-corrected chi connectivity index (χ0v) is 16.8. The Morgan fingerprint density at radius 1 is 1.21 bits per heavy atom. The predicted octanol–water partition coefficient (Wildman–Crippen LogP) is 5.48. The van der Waals surface area contributed by atoms with E-state index in [1.54, 1.807) is 6.92 Å². The number of non-ortho nitro benzene ring substituents is 1. The Bertz CT molecular complexity index is 873. The third-order valence-electron chi connectivity index (χ3n) is 5.52. The molecule has 0 aliphatic heterocycles. The first-order valence-electron chi connectivity index (χ1n) is 9.19. The maximum atomic E-state index is 11.2. The summed E-state index contributed by atoms with van der Waals surface area (Å²) in [7, 11) is 0. The van der Waals surface area contributed by atoms with Gasteiger partial charge in [0.25, 0.3) is 5.69 Å². The van der Waals surface area contributed by atoms with Crippen LogP contribution in [-0.4, -0.2) is 15.6 Å². The van der Waals surface area contributed by atoms with E-state index in [1.807, 2.05) is 6.08 Å². The van der Waals surface area contributed by atoms with Gasteiger partial charge in [-0.15, -0.1) is 0 Å². The quantitative estimate of drug-likeness (QED) is 0.301. The largest absolute Gasteiger partial charge is 0.301 e. The number of nitro groups is 2. The number of nitro benzene ring substituents is 2. The Labute approximate surface area is 164 Å². The molecule has 0 unspecified atom stereocenters. The summed E-state index contributed by atoms with van der Waals surface area (Å²) in [6, 6.07) is 3.42. The smallest absolute Gasteiger partial charge is 0.271 e. The molecule has 0 radical (unpaired) electrons. The molecule has 0 aromatic heterocycles. The molecule has 1 aliphatic carbocycles. The van der Waals surface area contributed by atoms with Crippen molar-refractivity contribution in [2.24, 2.45) is 22.9 Å². The maximum Gasteiger partial charge on any atom is 0.301 e. The minimum Gasteiger partial charge on any atom is -0.271 e. The van der Waals surface area contributed by atoms with Gasteiger partial charge in [0.2, 0.25) is 0 Å². The molecule has 0 fully saturated rings. The lowest BCUT2D eigenvalue weighted by atomic mass is 9.71. The molecule has 1 aromatic carbocycles. The fourth-order valence-corrected chi connectivity index (χ4v) is 3.62. The Balaban J connectivity index is 2.16. The summed E-state index contributed by atoms with van der Waals surface area (Å²) in [6.07, 6.45) is 5.14. The molecule has 0 saturated carbocycles. The average molecular weight is 386 g/mol. The van der Waals surface area contributed by atoms with Gasteiger partial charge in [0, 0.05) is 6.07 Å². The van der Waals surface area contributed by atoms with Crippen LogP contribution >= 0.6 is 0 Å². The van der Waals surface area contributed by atoms with Gasteiger partial charge in [0.1, 0.15) is 5.69 Å². The normalized spacial score (nSPS) is 23.2. The molecule has 8 heteroatoms. The van der Waals surface area contributed by atoms with Crippen LogP contribution in [0.1, 0.15) is 41.0 Å². The fourth-order valence-electron chi connectivity index (χ4n) is 3.62. The van der Waals surface area contributed by atoms with E-state index in [4.69, 9.17) is 0 Å². The molecule has 1 aromatic rings. The zero-order valence-electron chi connectivity index (χ0n) is 16.8. The van der Waals surface area contributed by atoms with Crippen LogP contribution in [0, 0.1) is 38.0 Å². The molecule has 0 bridgehead atoms. The lowest BCUT2D eigenvalue weighted by molar-refractivity contribution is -0.393. The van der Waals surface area contributed by atoms with Crippen molar-refractivity contribution in [1.29, 1.82) is 0 Å². The Hall–Kier alpha value is -3.03. The van der Waals surface area contributed by atoms with Gasteiger partial charge in [-0.2, -0.15) is 5.10 Å². The van der Waals surface area contributed by atoms with Crippen molar-refractivity contribution in [2.45, 2.75) is 41.0 Å². The van der Waals surface area contributed by atoms with Crippen molar-refractivity contribution in [1.82, 2.24) is 0 Å². The standard InChI is InChI=1S/C20H26N4O4/c1-12-10-13(2)18(16(5)15(12)4)8-6-14(3)21-22-19-9-7-17(23(25)26)11-20(19)24(27)28/h6-9,11,13,16,18,22H,10H2,1-5H3/b8-6+,21-14+/t13-,16-,18+/m1/s1. The number of hydrogen-bond acceptors (Lipinski definition) is 6. The fraction of sp³-hybridized carbons (Fsp3) is 0.450. The van der Waals surface area contributed by atoms with Crippen molar-refractivity contribution in [3.05, 3.63) is 61.7 Å². The summed E-state index contributed by atoms with van der Waals surface area (Å²) in [6.45, 7) is 10.6. The molecule has 0 amide bonds. The number of rotatable bonds is 6. The monoisotopic (exact) mass is 386 g/mol. The number of benzene rings is 1. The highest BCUT2D eigenvalue weighted by molar-refractivity contribution is 5.93. The number of nitrogens with one attached hydrogen (secondary N) is 1. The second-order valence-electron chi connectivity index (χ2n) is 7.45. The zero-order chi connectivity index (χ0) is 21.0. The number of hydrazone groups is 1. The summed E-state index contributed by atoms with van der Waals surface area (Å²) in [5, 5.41) is 26.2. The highest BCUT2D eigenvalue weighted by Crippen LogP contribution is 2.39. The van der Waals surface area contributed by atoms with Crippen LogP contribution in [0.4, 0.5) is 17.1 Å². The molecular weight excluding hydrogens is 360 g/mol. The Morgan fingerprint density at radius 3 is 2.50 bits per heavy atom. The second kappa shape index (κ2) is 8.77. The lowest BCUT2D eigenvalue weighted by Crippen LogP contribution is -2.24. The van der Waals surface area contributed by atoms with Crippen molar-refractivity contribution in [3.63, 3.8) is 0 Å².